The van der Waals surface area contributed by atoms with Gasteiger partial charge < -0.3 is 9.64 Å². The number of methoxy groups -OCH3 is 1. The summed E-state index contributed by atoms with van der Waals surface area (Å²) >= 11 is 0. The lowest BCUT2D eigenvalue weighted by atomic mass is 10.2. The van der Waals surface area contributed by atoms with Gasteiger partial charge in [0, 0.05) is 33.7 Å². The van der Waals surface area contributed by atoms with Crippen LogP contribution >= 0.6 is 0 Å². The summed E-state index contributed by atoms with van der Waals surface area (Å²) in [5.74, 6) is 0.752. The molecule has 0 aliphatic rings. The minimum absolute atomic E-state index is 0.214. The van der Waals surface area contributed by atoms with Crippen molar-refractivity contribution in [3.63, 3.8) is 0 Å². The predicted molar refractivity (Wildman–Crippen MR) is 53.6 cm³/mol. The maximum atomic E-state index is 11.4. The second-order valence-electron chi connectivity index (χ2n) is 3.76. The van der Waals surface area contributed by atoms with Gasteiger partial charge in [0.1, 0.15) is 0 Å². The molecule has 0 aromatic carbocycles. The highest BCUT2D eigenvalue weighted by molar-refractivity contribution is 5.75. The largest absolute Gasteiger partial charge is 0.385 e. The molecule has 78 valence electrons. The predicted octanol–water partition coefficient (Wildman–Crippen LogP) is 1.53. The fraction of sp³-hybridized carbons (Fsp3) is 0.900. The lowest BCUT2D eigenvalue weighted by Crippen LogP contribution is -2.30. The number of hydrogen-bond donors (Lipinski definition) is 0. The lowest BCUT2D eigenvalue weighted by molar-refractivity contribution is -0.130. The van der Waals surface area contributed by atoms with Crippen molar-refractivity contribution in [2.75, 3.05) is 27.3 Å². The maximum absolute atomic E-state index is 11.4. The summed E-state index contributed by atoms with van der Waals surface area (Å²) in [6.07, 6.45) is 1.41. The molecule has 13 heavy (non-hydrogen) atoms. The minimum Gasteiger partial charge on any atom is -0.385 e. The van der Waals surface area contributed by atoms with Gasteiger partial charge in [-0.15, -0.1) is 0 Å². The van der Waals surface area contributed by atoms with Crippen molar-refractivity contribution in [3.8, 4) is 0 Å². The van der Waals surface area contributed by atoms with E-state index in [1.807, 2.05) is 7.05 Å². The second-order valence-corrected chi connectivity index (χ2v) is 3.76. The van der Waals surface area contributed by atoms with Crippen molar-refractivity contribution in [2.24, 2.45) is 5.92 Å². The molecule has 0 atom stereocenters. The van der Waals surface area contributed by atoms with Crippen LogP contribution in [0.1, 0.15) is 26.7 Å². The Labute approximate surface area is 81.1 Å². The van der Waals surface area contributed by atoms with E-state index in [0.717, 1.165) is 13.0 Å². The first kappa shape index (κ1) is 12.4. The van der Waals surface area contributed by atoms with Crippen LogP contribution in [0.3, 0.4) is 0 Å². The Hall–Kier alpha value is -0.570. The van der Waals surface area contributed by atoms with E-state index in [1.54, 1.807) is 12.0 Å². The molecule has 0 rings (SSSR count). The van der Waals surface area contributed by atoms with Gasteiger partial charge in [-0.05, 0) is 12.3 Å². The molecule has 0 saturated carbocycles. The van der Waals surface area contributed by atoms with Crippen LogP contribution in [-0.4, -0.2) is 38.1 Å². The van der Waals surface area contributed by atoms with Crippen molar-refractivity contribution >= 4 is 5.91 Å². The molecule has 0 aliphatic carbocycles. The molecule has 0 N–H and O–H groups in total. The molecule has 0 heterocycles. The third-order valence-electron chi connectivity index (χ3n) is 1.80. The molecule has 3 nitrogen and oxygen atoms in total. The van der Waals surface area contributed by atoms with Gasteiger partial charge in [-0.25, -0.2) is 0 Å². The van der Waals surface area contributed by atoms with E-state index in [4.69, 9.17) is 4.74 Å². The topological polar surface area (TPSA) is 29.5 Å². The summed E-state index contributed by atoms with van der Waals surface area (Å²) in [5, 5.41) is 0. The Kier molecular flexibility index (Phi) is 6.59. The zero-order valence-electron chi connectivity index (χ0n) is 9.17. The van der Waals surface area contributed by atoms with E-state index >= 15 is 0 Å². The highest BCUT2D eigenvalue weighted by atomic mass is 16.5. The molecule has 0 saturated heterocycles. The van der Waals surface area contributed by atoms with Gasteiger partial charge in [0.2, 0.25) is 5.91 Å². The molecule has 0 unspecified atom stereocenters. The number of rotatable bonds is 6. The van der Waals surface area contributed by atoms with E-state index in [9.17, 15) is 4.79 Å². The van der Waals surface area contributed by atoms with Crippen LogP contribution in [0.5, 0.6) is 0 Å². The summed E-state index contributed by atoms with van der Waals surface area (Å²) < 4.78 is 4.88. The summed E-state index contributed by atoms with van der Waals surface area (Å²) in [4.78, 5) is 13.2. The van der Waals surface area contributed by atoms with Gasteiger partial charge in [0.15, 0.2) is 0 Å². The fourth-order valence-electron chi connectivity index (χ4n) is 1.21. The van der Waals surface area contributed by atoms with Crippen LogP contribution in [0.4, 0.5) is 0 Å². The lowest BCUT2D eigenvalue weighted by Gasteiger charge is -2.19. The first-order chi connectivity index (χ1) is 6.07. The molecule has 0 aliphatic heterocycles. The Morgan fingerprint density at radius 1 is 1.46 bits per heavy atom. The number of hydrogen-bond acceptors (Lipinski definition) is 2. The Balaban J connectivity index is 3.57. The van der Waals surface area contributed by atoms with Gasteiger partial charge >= 0.3 is 0 Å². The number of carbonyl (C=O) groups excluding carboxylic acids is 1. The summed E-state index contributed by atoms with van der Waals surface area (Å²) in [6.45, 7) is 5.73. The van der Waals surface area contributed by atoms with Gasteiger partial charge in [0.25, 0.3) is 0 Å². The average molecular weight is 187 g/mol. The number of amides is 1. The third kappa shape index (κ3) is 6.58. The standard InChI is InChI=1S/C10H21NO2/c1-9(2)8-11(3)10(12)6-5-7-13-4/h9H,5-8H2,1-4H3. The molecule has 0 bridgehead atoms. The van der Waals surface area contributed by atoms with Crippen LogP contribution < -0.4 is 0 Å². The second kappa shape index (κ2) is 6.89. The minimum atomic E-state index is 0.214. The maximum Gasteiger partial charge on any atom is 0.222 e. The van der Waals surface area contributed by atoms with Gasteiger partial charge in [0.05, 0.1) is 0 Å². The highest BCUT2D eigenvalue weighted by Crippen LogP contribution is 2.00. The summed E-state index contributed by atoms with van der Waals surface area (Å²) in [7, 11) is 3.51. The molecule has 0 fully saturated rings. The Morgan fingerprint density at radius 2 is 2.08 bits per heavy atom. The van der Waals surface area contributed by atoms with Crippen molar-refractivity contribution < 1.29 is 9.53 Å². The summed E-state index contributed by atoms with van der Waals surface area (Å²) in [6, 6.07) is 0. The van der Waals surface area contributed by atoms with E-state index < -0.39 is 0 Å². The Morgan fingerprint density at radius 3 is 2.54 bits per heavy atom. The van der Waals surface area contributed by atoms with Gasteiger partial charge in [-0.3, -0.25) is 4.79 Å². The highest BCUT2D eigenvalue weighted by Gasteiger charge is 2.08. The monoisotopic (exact) mass is 187 g/mol. The smallest absolute Gasteiger partial charge is 0.222 e. The molecule has 1 amide bonds. The van der Waals surface area contributed by atoms with Crippen LogP contribution in [0, 0.1) is 5.92 Å². The van der Waals surface area contributed by atoms with Crippen molar-refractivity contribution in [1.29, 1.82) is 0 Å². The Bertz CT molecular complexity index is 146. The zero-order chi connectivity index (χ0) is 10.3. The zero-order valence-corrected chi connectivity index (χ0v) is 9.17. The molecular weight excluding hydrogens is 166 g/mol. The quantitative estimate of drug-likeness (QED) is 0.590. The molecule has 0 aromatic heterocycles. The first-order valence-corrected chi connectivity index (χ1v) is 4.80. The molecule has 0 radical (unpaired) electrons. The van der Waals surface area contributed by atoms with E-state index in [-0.39, 0.29) is 5.91 Å². The third-order valence-corrected chi connectivity index (χ3v) is 1.80. The van der Waals surface area contributed by atoms with Crippen LogP contribution in [0.25, 0.3) is 0 Å². The SMILES string of the molecule is COCCCC(=O)N(C)CC(C)C. The van der Waals surface area contributed by atoms with Gasteiger partial charge in [-0.1, -0.05) is 13.8 Å². The fourth-order valence-corrected chi connectivity index (χ4v) is 1.21. The molecule has 0 aromatic rings. The van der Waals surface area contributed by atoms with Crippen molar-refractivity contribution in [1.82, 2.24) is 4.90 Å². The van der Waals surface area contributed by atoms with Crippen molar-refractivity contribution in [2.45, 2.75) is 26.7 Å². The molecule has 3 heteroatoms. The first-order valence-electron chi connectivity index (χ1n) is 4.80. The summed E-state index contributed by atoms with van der Waals surface area (Å²) in [5.41, 5.74) is 0. The number of nitrogens with zero attached hydrogens (tertiary/aromatic N) is 1. The van der Waals surface area contributed by atoms with Gasteiger partial charge in [-0.2, -0.15) is 0 Å². The average Bonchev–Trinajstić information content (AvgIpc) is 2.03. The van der Waals surface area contributed by atoms with Crippen LogP contribution in [0.15, 0.2) is 0 Å². The van der Waals surface area contributed by atoms with Crippen molar-refractivity contribution in [3.05, 3.63) is 0 Å². The van der Waals surface area contributed by atoms with E-state index in [2.05, 4.69) is 13.8 Å². The normalized spacial score (nSPS) is 10.5. The van der Waals surface area contributed by atoms with Crippen LogP contribution in [-0.2, 0) is 9.53 Å². The molecule has 0 spiro atoms. The van der Waals surface area contributed by atoms with E-state index in [0.29, 0.717) is 18.9 Å². The number of ether oxygens (including phenoxy) is 1. The number of carbonyl (C=O) groups is 1. The van der Waals surface area contributed by atoms with Crippen LogP contribution in [0.2, 0.25) is 0 Å². The van der Waals surface area contributed by atoms with E-state index in [1.165, 1.54) is 0 Å². The molecular formula is C10H21NO2.